The minimum absolute atomic E-state index is 0.188. The van der Waals surface area contributed by atoms with E-state index in [0.717, 1.165) is 31.4 Å². The normalized spacial score (nSPS) is 19.4. The van der Waals surface area contributed by atoms with E-state index in [0.29, 0.717) is 17.1 Å². The molecule has 2 aromatic carbocycles. The van der Waals surface area contributed by atoms with Gasteiger partial charge in [0.1, 0.15) is 0 Å². The predicted octanol–water partition coefficient (Wildman–Crippen LogP) is 2.51. The quantitative estimate of drug-likeness (QED) is 0.865. The van der Waals surface area contributed by atoms with Crippen molar-refractivity contribution in [2.24, 2.45) is 0 Å². The summed E-state index contributed by atoms with van der Waals surface area (Å²) in [5.74, 6) is 1.50. The summed E-state index contributed by atoms with van der Waals surface area (Å²) in [5.41, 5.74) is 4.14. The minimum Gasteiger partial charge on any atom is -0.454 e. The maximum Gasteiger partial charge on any atom is 0.231 e. The molecule has 2 aromatic rings. The molecule has 0 amide bonds. The van der Waals surface area contributed by atoms with E-state index < -0.39 is 0 Å². The lowest BCUT2D eigenvalue weighted by molar-refractivity contribution is 0.111. The molecule has 0 saturated carbocycles. The van der Waals surface area contributed by atoms with Crippen LogP contribution in [0.1, 0.15) is 33.0 Å². The minimum atomic E-state index is 0.188. The van der Waals surface area contributed by atoms with Crippen LogP contribution in [0.4, 0.5) is 0 Å². The number of ether oxygens (including phenoxy) is 2. The largest absolute Gasteiger partial charge is 0.454 e. The number of carbonyl (C=O) groups excluding carboxylic acids is 1. The van der Waals surface area contributed by atoms with E-state index in [9.17, 15) is 4.79 Å². The number of hydrogen-bond acceptors (Lipinski definition) is 4. The monoisotopic (exact) mass is 295 g/mol. The van der Waals surface area contributed by atoms with Gasteiger partial charge in [0.25, 0.3) is 0 Å². The molecule has 0 fully saturated rings. The van der Waals surface area contributed by atoms with Crippen LogP contribution in [0.15, 0.2) is 36.4 Å². The molecule has 1 atom stereocenters. The van der Waals surface area contributed by atoms with Crippen LogP contribution in [-0.4, -0.2) is 26.2 Å². The first-order chi connectivity index (χ1) is 10.9. The van der Waals surface area contributed by atoms with Gasteiger partial charge in [-0.1, -0.05) is 30.3 Å². The first-order valence-corrected chi connectivity index (χ1v) is 7.54. The summed E-state index contributed by atoms with van der Waals surface area (Å²) in [7, 11) is 0. The summed E-state index contributed by atoms with van der Waals surface area (Å²) in [4.78, 5) is 11.6. The van der Waals surface area contributed by atoms with E-state index in [2.05, 4.69) is 23.5 Å². The maximum atomic E-state index is 11.6. The molecule has 112 valence electrons. The van der Waals surface area contributed by atoms with Crippen molar-refractivity contribution in [1.29, 1.82) is 0 Å². The standard InChI is InChI=1S/C18H17NO3/c20-10-16-13-6-7-19-9-15(12-4-2-1-3-5-12)14(13)8-17-18(16)22-11-21-17/h1-5,8,10,15,19H,6-7,9,11H2. The highest BCUT2D eigenvalue weighted by molar-refractivity contribution is 5.85. The van der Waals surface area contributed by atoms with Crippen molar-refractivity contribution in [3.8, 4) is 11.5 Å². The maximum absolute atomic E-state index is 11.6. The molecule has 0 radical (unpaired) electrons. The van der Waals surface area contributed by atoms with E-state index in [1.54, 1.807) is 0 Å². The van der Waals surface area contributed by atoms with Gasteiger partial charge in [0.05, 0.1) is 5.56 Å². The van der Waals surface area contributed by atoms with Gasteiger partial charge in [0, 0.05) is 12.5 Å². The van der Waals surface area contributed by atoms with Crippen LogP contribution in [0.2, 0.25) is 0 Å². The molecule has 1 N–H and O–H groups in total. The van der Waals surface area contributed by atoms with Gasteiger partial charge in [-0.2, -0.15) is 0 Å². The van der Waals surface area contributed by atoms with E-state index in [1.165, 1.54) is 11.1 Å². The van der Waals surface area contributed by atoms with Crippen molar-refractivity contribution in [2.75, 3.05) is 19.9 Å². The third kappa shape index (κ3) is 2.07. The number of hydrogen-bond donors (Lipinski definition) is 1. The van der Waals surface area contributed by atoms with Crippen LogP contribution in [0.3, 0.4) is 0 Å². The third-order valence-electron chi connectivity index (χ3n) is 4.44. The summed E-state index contributed by atoms with van der Waals surface area (Å²) < 4.78 is 11.0. The highest BCUT2D eigenvalue weighted by Gasteiger charge is 2.29. The molecule has 4 rings (SSSR count). The Kier molecular flexibility index (Phi) is 3.31. The molecule has 22 heavy (non-hydrogen) atoms. The van der Waals surface area contributed by atoms with Crippen LogP contribution in [-0.2, 0) is 6.42 Å². The van der Waals surface area contributed by atoms with Crippen LogP contribution in [0, 0.1) is 0 Å². The Hall–Kier alpha value is -2.33. The first kappa shape index (κ1) is 13.3. The van der Waals surface area contributed by atoms with E-state index in [-0.39, 0.29) is 12.7 Å². The fraction of sp³-hybridized carbons (Fsp3) is 0.278. The molecule has 0 saturated heterocycles. The van der Waals surface area contributed by atoms with Gasteiger partial charge < -0.3 is 14.8 Å². The fourth-order valence-corrected chi connectivity index (χ4v) is 3.39. The Morgan fingerprint density at radius 3 is 2.86 bits per heavy atom. The van der Waals surface area contributed by atoms with Gasteiger partial charge in [-0.05, 0) is 35.7 Å². The van der Waals surface area contributed by atoms with Crippen molar-refractivity contribution in [3.05, 3.63) is 58.7 Å². The van der Waals surface area contributed by atoms with Gasteiger partial charge >= 0.3 is 0 Å². The second kappa shape index (κ2) is 5.46. The number of rotatable bonds is 2. The molecule has 0 aromatic heterocycles. The summed E-state index contributed by atoms with van der Waals surface area (Å²) >= 11 is 0. The molecular weight excluding hydrogens is 278 g/mol. The lowest BCUT2D eigenvalue weighted by atomic mass is 9.85. The Balaban J connectivity index is 1.92. The summed E-state index contributed by atoms with van der Waals surface area (Å²) in [5, 5.41) is 3.47. The van der Waals surface area contributed by atoms with Crippen LogP contribution in [0.5, 0.6) is 11.5 Å². The smallest absolute Gasteiger partial charge is 0.231 e. The molecular formula is C18H17NO3. The fourth-order valence-electron chi connectivity index (χ4n) is 3.39. The molecule has 2 heterocycles. The predicted molar refractivity (Wildman–Crippen MR) is 82.8 cm³/mol. The Bertz CT molecular complexity index is 712. The lowest BCUT2D eigenvalue weighted by Crippen LogP contribution is -2.20. The SMILES string of the molecule is O=Cc1c2c(cc3c1OCO3)C(c1ccccc1)CNCC2. The van der Waals surface area contributed by atoms with Gasteiger partial charge in [-0.15, -0.1) is 0 Å². The summed E-state index contributed by atoms with van der Waals surface area (Å²) in [6.45, 7) is 1.90. The second-order valence-electron chi connectivity index (χ2n) is 5.63. The van der Waals surface area contributed by atoms with Crippen LogP contribution < -0.4 is 14.8 Å². The summed E-state index contributed by atoms with van der Waals surface area (Å²) in [6, 6.07) is 12.4. The molecule has 0 spiro atoms. The molecule has 4 heteroatoms. The zero-order valence-electron chi connectivity index (χ0n) is 12.2. The van der Waals surface area contributed by atoms with Crippen molar-refractivity contribution in [3.63, 3.8) is 0 Å². The number of fused-ring (bicyclic) bond motifs is 2. The van der Waals surface area contributed by atoms with E-state index in [4.69, 9.17) is 9.47 Å². The highest BCUT2D eigenvalue weighted by Crippen LogP contribution is 2.42. The average Bonchev–Trinajstić information content (AvgIpc) is 2.93. The van der Waals surface area contributed by atoms with Crippen LogP contribution in [0.25, 0.3) is 0 Å². The van der Waals surface area contributed by atoms with Crippen molar-refractivity contribution in [2.45, 2.75) is 12.3 Å². The molecule has 0 aliphatic carbocycles. The Morgan fingerprint density at radius 2 is 2.05 bits per heavy atom. The van der Waals surface area contributed by atoms with Gasteiger partial charge in [-0.3, -0.25) is 4.79 Å². The van der Waals surface area contributed by atoms with E-state index in [1.807, 2.05) is 18.2 Å². The van der Waals surface area contributed by atoms with Crippen molar-refractivity contribution >= 4 is 6.29 Å². The van der Waals surface area contributed by atoms with Crippen molar-refractivity contribution in [1.82, 2.24) is 5.32 Å². The number of carbonyl (C=O) groups is 1. The molecule has 2 aliphatic heterocycles. The molecule has 0 bridgehead atoms. The number of nitrogens with one attached hydrogen (secondary N) is 1. The zero-order chi connectivity index (χ0) is 14.9. The molecule has 4 nitrogen and oxygen atoms in total. The Morgan fingerprint density at radius 1 is 1.18 bits per heavy atom. The highest BCUT2D eigenvalue weighted by atomic mass is 16.7. The van der Waals surface area contributed by atoms with Gasteiger partial charge in [0.15, 0.2) is 17.8 Å². The third-order valence-corrected chi connectivity index (χ3v) is 4.44. The molecule has 1 unspecified atom stereocenters. The van der Waals surface area contributed by atoms with Gasteiger partial charge in [-0.25, -0.2) is 0 Å². The van der Waals surface area contributed by atoms with Gasteiger partial charge in [0.2, 0.25) is 6.79 Å². The topological polar surface area (TPSA) is 47.6 Å². The Labute approximate surface area is 129 Å². The number of aldehydes is 1. The van der Waals surface area contributed by atoms with Crippen molar-refractivity contribution < 1.29 is 14.3 Å². The average molecular weight is 295 g/mol. The zero-order valence-corrected chi connectivity index (χ0v) is 12.2. The molecule has 2 aliphatic rings. The van der Waals surface area contributed by atoms with E-state index >= 15 is 0 Å². The lowest BCUT2D eigenvalue weighted by Gasteiger charge is -2.20. The summed E-state index contributed by atoms with van der Waals surface area (Å²) in [6.07, 6.45) is 1.73. The van der Waals surface area contributed by atoms with Crippen LogP contribution >= 0.6 is 0 Å². The second-order valence-corrected chi connectivity index (χ2v) is 5.63. The first-order valence-electron chi connectivity index (χ1n) is 7.54. The number of benzene rings is 2.